The van der Waals surface area contributed by atoms with Crippen LogP contribution in [-0.2, 0) is 9.47 Å². The average molecular weight is 512 g/mol. The number of carbonyl (C=O) groups is 2. The van der Waals surface area contributed by atoms with Gasteiger partial charge in [-0.15, -0.1) is 0 Å². The second kappa shape index (κ2) is 9.17. The van der Waals surface area contributed by atoms with Crippen molar-refractivity contribution in [3.63, 3.8) is 0 Å². The van der Waals surface area contributed by atoms with Crippen LogP contribution in [0.2, 0.25) is 0 Å². The predicted octanol–water partition coefficient (Wildman–Crippen LogP) is 3.85. The Bertz CT molecular complexity index is 771. The van der Waals surface area contributed by atoms with Gasteiger partial charge in [-0.2, -0.15) is 0 Å². The van der Waals surface area contributed by atoms with Crippen LogP contribution >= 0.6 is 31.9 Å². The summed E-state index contributed by atoms with van der Waals surface area (Å²) in [6.07, 6.45) is -2.12. The first kappa shape index (κ1) is 21.0. The van der Waals surface area contributed by atoms with E-state index in [0.717, 1.165) is 8.95 Å². The summed E-state index contributed by atoms with van der Waals surface area (Å²) in [6.45, 7) is 3.71. The third kappa shape index (κ3) is 5.20. The number of rotatable bonds is 4. The molecule has 4 atom stereocenters. The summed E-state index contributed by atoms with van der Waals surface area (Å²) in [4.78, 5) is 25.1. The zero-order chi connectivity index (χ0) is 20.3. The second-order valence-electron chi connectivity index (χ2n) is 6.48. The zero-order valence-electron chi connectivity index (χ0n) is 15.3. The van der Waals surface area contributed by atoms with Crippen LogP contribution in [0.15, 0.2) is 57.5 Å². The monoisotopic (exact) mass is 510 g/mol. The van der Waals surface area contributed by atoms with Crippen LogP contribution < -0.4 is 10.6 Å². The Morgan fingerprint density at radius 2 is 1.04 bits per heavy atom. The fourth-order valence-corrected chi connectivity index (χ4v) is 3.20. The summed E-state index contributed by atoms with van der Waals surface area (Å²) in [5.41, 5.74) is 0.965. The van der Waals surface area contributed by atoms with Gasteiger partial charge < -0.3 is 20.1 Å². The van der Waals surface area contributed by atoms with Crippen molar-refractivity contribution in [1.82, 2.24) is 10.6 Å². The van der Waals surface area contributed by atoms with Crippen molar-refractivity contribution < 1.29 is 19.1 Å². The quantitative estimate of drug-likeness (QED) is 0.653. The molecule has 6 nitrogen and oxygen atoms in total. The van der Waals surface area contributed by atoms with Crippen LogP contribution in [0.5, 0.6) is 0 Å². The molecule has 0 spiro atoms. The van der Waals surface area contributed by atoms with Crippen LogP contribution in [0, 0.1) is 0 Å². The van der Waals surface area contributed by atoms with E-state index in [9.17, 15) is 9.59 Å². The standard InChI is InChI=1S/C20H20Br2N2O4/c1-11-12(2)28-20(24-18(26)14-5-9-16(22)10-6-14)19(27-11)23-17(25)13-3-7-15(21)8-4-13/h3-12,19-20H,1-2H3,(H,23,25)(H,24,26)/t11-,12+,19-,20+. The smallest absolute Gasteiger partial charge is 0.253 e. The molecule has 8 heteroatoms. The summed E-state index contributed by atoms with van der Waals surface area (Å²) in [5, 5.41) is 5.60. The minimum Gasteiger partial charge on any atom is -0.348 e. The first-order chi connectivity index (χ1) is 13.3. The molecule has 2 aromatic carbocycles. The fourth-order valence-electron chi connectivity index (χ4n) is 2.67. The maximum Gasteiger partial charge on any atom is 0.253 e. The van der Waals surface area contributed by atoms with E-state index in [1.807, 2.05) is 13.8 Å². The summed E-state index contributed by atoms with van der Waals surface area (Å²) < 4.78 is 13.5. The molecule has 1 heterocycles. The largest absolute Gasteiger partial charge is 0.348 e. The van der Waals surface area contributed by atoms with Gasteiger partial charge in [-0.1, -0.05) is 31.9 Å². The highest BCUT2D eigenvalue weighted by Crippen LogP contribution is 2.19. The topological polar surface area (TPSA) is 76.7 Å². The van der Waals surface area contributed by atoms with Crippen LogP contribution in [-0.4, -0.2) is 36.5 Å². The Labute approximate surface area is 180 Å². The summed E-state index contributed by atoms with van der Waals surface area (Å²) in [6, 6.07) is 13.9. The van der Waals surface area contributed by atoms with Crippen molar-refractivity contribution in [2.24, 2.45) is 0 Å². The molecular formula is C20H20Br2N2O4. The number of benzene rings is 2. The van der Waals surface area contributed by atoms with E-state index < -0.39 is 12.5 Å². The normalized spacial score (nSPS) is 24.4. The molecule has 3 rings (SSSR count). The summed E-state index contributed by atoms with van der Waals surface area (Å²) >= 11 is 6.69. The minimum atomic E-state index is -0.818. The molecule has 1 aliphatic heterocycles. The molecule has 0 saturated carbocycles. The lowest BCUT2D eigenvalue weighted by molar-refractivity contribution is -0.220. The van der Waals surface area contributed by atoms with Gasteiger partial charge in [0.25, 0.3) is 11.8 Å². The van der Waals surface area contributed by atoms with Gasteiger partial charge in [-0.25, -0.2) is 0 Å². The molecule has 0 aliphatic carbocycles. The Hall–Kier alpha value is -1.74. The predicted molar refractivity (Wildman–Crippen MR) is 112 cm³/mol. The van der Waals surface area contributed by atoms with Crippen LogP contribution in [0.25, 0.3) is 0 Å². The molecular weight excluding hydrogens is 492 g/mol. The number of nitrogens with one attached hydrogen (secondary N) is 2. The van der Waals surface area contributed by atoms with E-state index in [1.165, 1.54) is 0 Å². The molecule has 2 N–H and O–H groups in total. The highest BCUT2D eigenvalue weighted by atomic mass is 79.9. The van der Waals surface area contributed by atoms with Gasteiger partial charge in [0.05, 0.1) is 12.2 Å². The Morgan fingerprint density at radius 3 is 1.36 bits per heavy atom. The zero-order valence-corrected chi connectivity index (χ0v) is 18.5. The lowest BCUT2D eigenvalue weighted by Gasteiger charge is -2.39. The van der Waals surface area contributed by atoms with E-state index in [0.29, 0.717) is 11.1 Å². The Morgan fingerprint density at radius 1 is 0.714 bits per heavy atom. The number of ether oxygens (including phenoxy) is 2. The molecule has 2 aromatic rings. The maximum atomic E-state index is 12.6. The van der Waals surface area contributed by atoms with E-state index in [2.05, 4.69) is 42.5 Å². The lowest BCUT2D eigenvalue weighted by atomic mass is 10.2. The second-order valence-corrected chi connectivity index (χ2v) is 8.32. The van der Waals surface area contributed by atoms with Crippen molar-refractivity contribution in [1.29, 1.82) is 0 Å². The molecule has 1 fully saturated rings. The molecule has 1 aliphatic rings. The maximum absolute atomic E-state index is 12.6. The van der Waals surface area contributed by atoms with Gasteiger partial charge in [-0.05, 0) is 62.4 Å². The van der Waals surface area contributed by atoms with Crippen LogP contribution in [0.4, 0.5) is 0 Å². The first-order valence-electron chi connectivity index (χ1n) is 8.77. The highest BCUT2D eigenvalue weighted by molar-refractivity contribution is 9.10. The Kier molecular flexibility index (Phi) is 6.87. The lowest BCUT2D eigenvalue weighted by Crippen LogP contribution is -2.61. The number of carbonyl (C=O) groups excluding carboxylic acids is 2. The SMILES string of the molecule is C[C@@H]1O[C@H](NC(=O)c2ccc(Br)cc2)[C@H](NC(=O)c2ccc(Br)cc2)O[C@@H]1C. The third-order valence-electron chi connectivity index (χ3n) is 4.42. The van der Waals surface area contributed by atoms with E-state index in [1.54, 1.807) is 48.5 Å². The van der Waals surface area contributed by atoms with Gasteiger partial charge in [-0.3, -0.25) is 9.59 Å². The molecule has 148 valence electrons. The molecule has 2 amide bonds. The number of halogens is 2. The molecule has 1 saturated heterocycles. The van der Waals surface area contributed by atoms with Crippen molar-refractivity contribution in [3.05, 3.63) is 68.6 Å². The van der Waals surface area contributed by atoms with Crippen LogP contribution in [0.1, 0.15) is 34.6 Å². The van der Waals surface area contributed by atoms with E-state index in [4.69, 9.17) is 9.47 Å². The molecule has 0 unspecified atom stereocenters. The van der Waals surface area contributed by atoms with E-state index in [-0.39, 0.29) is 24.0 Å². The summed E-state index contributed by atoms with van der Waals surface area (Å²) in [5.74, 6) is -0.628. The molecule has 0 bridgehead atoms. The number of hydrogen-bond donors (Lipinski definition) is 2. The van der Waals surface area contributed by atoms with Crippen molar-refractivity contribution in [3.8, 4) is 0 Å². The minimum absolute atomic E-state index is 0.240. The fraction of sp³-hybridized carbons (Fsp3) is 0.300. The first-order valence-corrected chi connectivity index (χ1v) is 10.4. The third-order valence-corrected chi connectivity index (χ3v) is 5.48. The van der Waals surface area contributed by atoms with Crippen molar-refractivity contribution >= 4 is 43.7 Å². The average Bonchev–Trinajstić information content (AvgIpc) is 2.66. The van der Waals surface area contributed by atoms with Gasteiger partial charge in [0.15, 0.2) is 12.5 Å². The van der Waals surface area contributed by atoms with Gasteiger partial charge >= 0.3 is 0 Å². The van der Waals surface area contributed by atoms with Gasteiger partial charge in [0.2, 0.25) is 0 Å². The Balaban J connectivity index is 1.72. The number of hydrogen-bond acceptors (Lipinski definition) is 4. The van der Waals surface area contributed by atoms with Crippen molar-refractivity contribution in [2.45, 2.75) is 38.5 Å². The van der Waals surface area contributed by atoms with Crippen LogP contribution in [0.3, 0.4) is 0 Å². The molecule has 0 aromatic heterocycles. The molecule has 28 heavy (non-hydrogen) atoms. The van der Waals surface area contributed by atoms with Gasteiger partial charge in [0.1, 0.15) is 0 Å². The number of amides is 2. The van der Waals surface area contributed by atoms with Crippen molar-refractivity contribution in [2.75, 3.05) is 0 Å². The summed E-state index contributed by atoms with van der Waals surface area (Å²) in [7, 11) is 0. The highest BCUT2D eigenvalue weighted by Gasteiger charge is 2.37. The van der Waals surface area contributed by atoms with E-state index >= 15 is 0 Å². The van der Waals surface area contributed by atoms with Gasteiger partial charge in [0, 0.05) is 20.1 Å². The molecule has 0 radical (unpaired) electrons.